The molecule has 1 heterocycles. The molecule has 0 aliphatic rings. The van der Waals surface area contributed by atoms with Crippen LogP contribution in [0, 0.1) is 6.92 Å². The number of aryl methyl sites for hydroxylation is 1. The number of hydrogen-bond acceptors (Lipinski definition) is 5. The van der Waals surface area contributed by atoms with Gasteiger partial charge < -0.3 is 4.74 Å². The number of aromatic amines is 1. The van der Waals surface area contributed by atoms with Crippen LogP contribution in [0.5, 0.6) is 5.75 Å². The number of carbonyl (C=O) groups is 2. The van der Waals surface area contributed by atoms with Crippen molar-refractivity contribution in [2.24, 2.45) is 5.10 Å². The van der Waals surface area contributed by atoms with Crippen LogP contribution in [0.15, 0.2) is 59.7 Å². The number of amides is 1. The zero-order valence-corrected chi connectivity index (χ0v) is 15.0. The van der Waals surface area contributed by atoms with E-state index in [0.717, 1.165) is 11.3 Å². The second kappa shape index (κ2) is 8.29. The summed E-state index contributed by atoms with van der Waals surface area (Å²) >= 11 is 5.80. The molecule has 0 aliphatic heterocycles. The molecule has 2 aromatic carbocycles. The van der Waals surface area contributed by atoms with Gasteiger partial charge in [-0.2, -0.15) is 10.2 Å². The lowest BCUT2D eigenvalue weighted by molar-refractivity contribution is 0.0734. The van der Waals surface area contributed by atoms with Crippen molar-refractivity contribution in [2.45, 2.75) is 6.92 Å². The predicted octanol–water partition coefficient (Wildman–Crippen LogP) is 3.35. The standard InChI is InChI=1S/C19H15ClN4O3/c1-12-10-17(23-22-12)18(25)24-21-11-13-2-8-16(9-3-13)27-19(26)14-4-6-15(20)7-5-14/h2-11H,1H3,(H,22,23)(H,24,25)/b21-11-. The first-order chi connectivity index (χ1) is 13.0. The lowest BCUT2D eigenvalue weighted by Crippen LogP contribution is -2.18. The van der Waals surface area contributed by atoms with Gasteiger partial charge in [0.05, 0.1) is 11.8 Å². The number of nitrogens with one attached hydrogen (secondary N) is 2. The normalized spacial score (nSPS) is 10.7. The van der Waals surface area contributed by atoms with Crippen molar-refractivity contribution in [1.29, 1.82) is 0 Å². The van der Waals surface area contributed by atoms with E-state index in [2.05, 4.69) is 20.7 Å². The Bertz CT molecular complexity index is 979. The monoisotopic (exact) mass is 382 g/mol. The van der Waals surface area contributed by atoms with E-state index >= 15 is 0 Å². The molecule has 0 spiro atoms. The highest BCUT2D eigenvalue weighted by Gasteiger charge is 2.09. The molecule has 0 aliphatic carbocycles. The number of aromatic nitrogens is 2. The van der Waals surface area contributed by atoms with Crippen LogP contribution in [0.1, 0.15) is 32.1 Å². The van der Waals surface area contributed by atoms with E-state index < -0.39 is 11.9 Å². The first kappa shape index (κ1) is 18.3. The van der Waals surface area contributed by atoms with Crippen LogP contribution in [0.4, 0.5) is 0 Å². The fraction of sp³-hybridized carbons (Fsp3) is 0.0526. The van der Waals surface area contributed by atoms with E-state index in [4.69, 9.17) is 16.3 Å². The maximum absolute atomic E-state index is 12.0. The van der Waals surface area contributed by atoms with Gasteiger partial charge in [0.2, 0.25) is 0 Å². The minimum atomic E-state index is -0.477. The van der Waals surface area contributed by atoms with Crippen LogP contribution in [0.25, 0.3) is 0 Å². The topological polar surface area (TPSA) is 96.4 Å². The van der Waals surface area contributed by atoms with Crippen LogP contribution >= 0.6 is 11.6 Å². The van der Waals surface area contributed by atoms with Gasteiger partial charge in [-0.15, -0.1) is 0 Å². The molecule has 0 saturated carbocycles. The smallest absolute Gasteiger partial charge is 0.343 e. The first-order valence-electron chi connectivity index (χ1n) is 7.94. The van der Waals surface area contributed by atoms with Crippen molar-refractivity contribution in [3.63, 3.8) is 0 Å². The highest BCUT2D eigenvalue weighted by molar-refractivity contribution is 6.30. The number of H-pyrrole nitrogens is 1. The summed E-state index contributed by atoms with van der Waals surface area (Å²) in [5.41, 5.74) is 4.56. The minimum absolute atomic E-state index is 0.258. The molecule has 0 unspecified atom stereocenters. The zero-order chi connectivity index (χ0) is 19.2. The number of rotatable bonds is 5. The molecule has 0 atom stereocenters. The van der Waals surface area contributed by atoms with E-state index in [9.17, 15) is 9.59 Å². The lowest BCUT2D eigenvalue weighted by atomic mass is 10.2. The molecule has 7 nitrogen and oxygen atoms in total. The van der Waals surface area contributed by atoms with E-state index in [1.807, 2.05) is 0 Å². The van der Waals surface area contributed by atoms with Crippen molar-refractivity contribution in [3.05, 3.63) is 82.1 Å². The number of hydrogen-bond donors (Lipinski definition) is 2. The third-order valence-corrected chi connectivity index (χ3v) is 3.74. The number of ether oxygens (including phenoxy) is 1. The average molecular weight is 383 g/mol. The van der Waals surface area contributed by atoms with Gasteiger partial charge >= 0.3 is 5.97 Å². The molecular formula is C19H15ClN4O3. The van der Waals surface area contributed by atoms with Gasteiger partial charge in [0.15, 0.2) is 5.69 Å². The molecule has 3 rings (SSSR count). The summed E-state index contributed by atoms with van der Waals surface area (Å²) in [7, 11) is 0. The van der Waals surface area contributed by atoms with Gasteiger partial charge in [-0.05, 0) is 67.1 Å². The Balaban J connectivity index is 1.56. The number of hydrazone groups is 1. The molecule has 0 saturated heterocycles. The fourth-order valence-electron chi connectivity index (χ4n) is 2.13. The first-order valence-corrected chi connectivity index (χ1v) is 8.32. The predicted molar refractivity (Wildman–Crippen MR) is 101 cm³/mol. The Hall–Kier alpha value is -3.45. The Morgan fingerprint density at radius 3 is 2.48 bits per heavy atom. The van der Waals surface area contributed by atoms with Crippen LogP contribution < -0.4 is 10.2 Å². The van der Waals surface area contributed by atoms with Crippen LogP contribution in [-0.2, 0) is 0 Å². The highest BCUT2D eigenvalue weighted by atomic mass is 35.5. The molecule has 3 aromatic rings. The molecule has 2 N–H and O–H groups in total. The summed E-state index contributed by atoms with van der Waals surface area (Å²) in [4.78, 5) is 23.9. The van der Waals surface area contributed by atoms with Gasteiger partial charge in [-0.25, -0.2) is 10.2 Å². The summed E-state index contributed by atoms with van der Waals surface area (Å²) in [5.74, 6) is -0.498. The summed E-state index contributed by atoms with van der Waals surface area (Å²) in [6.07, 6.45) is 1.47. The van der Waals surface area contributed by atoms with Gasteiger partial charge in [0.1, 0.15) is 5.75 Å². The number of nitrogens with zero attached hydrogens (tertiary/aromatic N) is 2. The Morgan fingerprint density at radius 1 is 1.15 bits per heavy atom. The number of halogens is 1. The van der Waals surface area contributed by atoms with Gasteiger partial charge in [0, 0.05) is 10.7 Å². The minimum Gasteiger partial charge on any atom is -0.423 e. The second-order valence-corrected chi connectivity index (χ2v) is 6.04. The van der Waals surface area contributed by atoms with E-state index in [1.165, 1.54) is 6.21 Å². The van der Waals surface area contributed by atoms with Crippen LogP contribution in [0.2, 0.25) is 5.02 Å². The van der Waals surface area contributed by atoms with Crippen LogP contribution in [-0.4, -0.2) is 28.3 Å². The fourth-order valence-corrected chi connectivity index (χ4v) is 2.26. The Morgan fingerprint density at radius 2 is 1.85 bits per heavy atom. The summed E-state index contributed by atoms with van der Waals surface area (Å²) in [5, 5.41) is 10.9. The lowest BCUT2D eigenvalue weighted by Gasteiger charge is -2.04. The Kier molecular flexibility index (Phi) is 5.63. The van der Waals surface area contributed by atoms with E-state index in [0.29, 0.717) is 16.3 Å². The maximum atomic E-state index is 12.0. The molecular weight excluding hydrogens is 368 g/mol. The SMILES string of the molecule is Cc1cc(C(=O)N/N=C\c2ccc(OC(=O)c3ccc(Cl)cc3)cc2)n[nH]1. The zero-order valence-electron chi connectivity index (χ0n) is 14.3. The quantitative estimate of drug-likeness (QED) is 0.306. The third kappa shape index (κ3) is 5.02. The van der Waals surface area contributed by atoms with Crippen molar-refractivity contribution >= 4 is 29.7 Å². The Labute approximate surface area is 160 Å². The summed E-state index contributed by atoms with van der Waals surface area (Å²) in [6, 6.07) is 14.7. The number of carbonyl (C=O) groups excluding carboxylic acids is 2. The molecule has 27 heavy (non-hydrogen) atoms. The highest BCUT2D eigenvalue weighted by Crippen LogP contribution is 2.15. The van der Waals surface area contributed by atoms with Crippen molar-refractivity contribution < 1.29 is 14.3 Å². The molecule has 0 radical (unpaired) electrons. The van der Waals surface area contributed by atoms with Crippen molar-refractivity contribution in [1.82, 2.24) is 15.6 Å². The van der Waals surface area contributed by atoms with E-state index in [1.54, 1.807) is 61.5 Å². The number of esters is 1. The van der Waals surface area contributed by atoms with Gasteiger partial charge in [-0.1, -0.05) is 11.6 Å². The largest absolute Gasteiger partial charge is 0.423 e. The number of benzene rings is 2. The summed E-state index contributed by atoms with van der Waals surface area (Å²) in [6.45, 7) is 1.80. The van der Waals surface area contributed by atoms with Crippen molar-refractivity contribution in [3.8, 4) is 5.75 Å². The molecule has 0 bridgehead atoms. The van der Waals surface area contributed by atoms with E-state index in [-0.39, 0.29) is 5.69 Å². The van der Waals surface area contributed by atoms with Crippen LogP contribution in [0.3, 0.4) is 0 Å². The molecule has 136 valence electrons. The molecule has 1 aromatic heterocycles. The average Bonchev–Trinajstić information content (AvgIpc) is 3.10. The van der Waals surface area contributed by atoms with Crippen molar-refractivity contribution in [2.75, 3.05) is 0 Å². The van der Waals surface area contributed by atoms with Gasteiger partial charge in [0.25, 0.3) is 5.91 Å². The summed E-state index contributed by atoms with van der Waals surface area (Å²) < 4.78 is 5.29. The second-order valence-electron chi connectivity index (χ2n) is 5.60. The molecule has 0 fully saturated rings. The molecule has 8 heteroatoms. The molecule has 1 amide bonds. The van der Waals surface area contributed by atoms with Gasteiger partial charge in [-0.3, -0.25) is 9.89 Å². The third-order valence-electron chi connectivity index (χ3n) is 3.49. The maximum Gasteiger partial charge on any atom is 0.343 e.